The van der Waals surface area contributed by atoms with E-state index in [0.29, 0.717) is 8.58 Å². The summed E-state index contributed by atoms with van der Waals surface area (Å²) >= 11 is 0. The first-order valence-electron chi connectivity index (χ1n) is 11.1. The summed E-state index contributed by atoms with van der Waals surface area (Å²) in [6.45, 7) is 13.0. The molecule has 1 heterocycles. The van der Waals surface area contributed by atoms with Crippen molar-refractivity contribution in [1.82, 2.24) is 20.9 Å². The zero-order valence-electron chi connectivity index (χ0n) is 20.5. The summed E-state index contributed by atoms with van der Waals surface area (Å²) in [6.07, 6.45) is 7.79. The molecule has 178 valence electrons. The second-order valence-electron chi connectivity index (χ2n) is 8.22. The van der Waals surface area contributed by atoms with Gasteiger partial charge in [0.25, 0.3) is 0 Å². The number of hydrogen-bond acceptors (Lipinski definition) is 5. The molecule has 3 unspecified atom stereocenters. The van der Waals surface area contributed by atoms with Crippen LogP contribution >= 0.6 is 8.58 Å². The normalized spacial score (nSPS) is 19.5. The molecule has 33 heavy (non-hydrogen) atoms. The molecule has 1 aromatic carbocycles. The topological polar surface area (TPSA) is 80.8 Å². The highest BCUT2D eigenvalue weighted by atomic mass is 31.1. The van der Waals surface area contributed by atoms with Crippen molar-refractivity contribution in [3.05, 3.63) is 77.2 Å². The molecule has 1 aliphatic rings. The van der Waals surface area contributed by atoms with Crippen LogP contribution in [0.5, 0.6) is 0 Å². The first kappa shape index (κ1) is 26.4. The number of carbonyl (C=O) groups is 1. The van der Waals surface area contributed by atoms with Crippen molar-refractivity contribution >= 4 is 26.5 Å². The third-order valence-electron chi connectivity index (χ3n) is 4.74. The van der Waals surface area contributed by atoms with Crippen LogP contribution in [-0.4, -0.2) is 43.6 Å². The number of amides is 2. The van der Waals surface area contributed by atoms with Gasteiger partial charge in [-0.2, -0.15) is 0 Å². The summed E-state index contributed by atoms with van der Waals surface area (Å²) in [5.41, 5.74) is 4.57. The van der Waals surface area contributed by atoms with E-state index in [1.807, 2.05) is 75.7 Å². The number of aliphatic imine (C=N–C) groups is 1. The quantitative estimate of drug-likeness (QED) is 0.308. The molecule has 7 nitrogen and oxygen atoms in total. The third kappa shape index (κ3) is 9.24. The maximum atomic E-state index is 12.4. The van der Waals surface area contributed by atoms with Crippen molar-refractivity contribution < 1.29 is 4.79 Å². The van der Waals surface area contributed by atoms with Gasteiger partial charge in [0.2, 0.25) is 0 Å². The van der Waals surface area contributed by atoms with Crippen LogP contribution in [0.1, 0.15) is 39.3 Å². The summed E-state index contributed by atoms with van der Waals surface area (Å²) in [6, 6.07) is 7.69. The number of nitrogens with one attached hydrogen (secondary N) is 4. The molecule has 0 aromatic heterocycles. The minimum atomic E-state index is -0.267. The van der Waals surface area contributed by atoms with Gasteiger partial charge in [-0.15, -0.1) is 0 Å². The zero-order chi connectivity index (χ0) is 24.4. The summed E-state index contributed by atoms with van der Waals surface area (Å²) in [5, 5.41) is 13.6. The number of nitrogens with zero attached hydrogens (tertiary/aromatic N) is 2. The highest BCUT2D eigenvalue weighted by Gasteiger charge is 2.18. The second kappa shape index (κ2) is 13.0. The van der Waals surface area contributed by atoms with Crippen molar-refractivity contribution in [2.75, 3.05) is 26.0 Å². The van der Waals surface area contributed by atoms with Crippen molar-refractivity contribution in [3.63, 3.8) is 0 Å². The number of benzene rings is 1. The van der Waals surface area contributed by atoms with Gasteiger partial charge in [0.1, 0.15) is 0 Å². The average Bonchev–Trinajstić information content (AvgIpc) is 2.72. The van der Waals surface area contributed by atoms with E-state index in [9.17, 15) is 4.79 Å². The standard InChI is InChI=1S/C25H37N6OP/c1-8-26-14-23-20(5)33-24(15-27-23)29-19(4)21-10-9-11-22(13-21)30-25(32)28-18(3)12-17(2)16-31(6)7/h9-16,19,24,26,29,33H,5,8H2,1-4,6-7H3,(H2,28,30,32)/b17-16?,18-12+,23-14+. The van der Waals surface area contributed by atoms with E-state index in [1.54, 1.807) is 0 Å². The van der Waals surface area contributed by atoms with Crippen LogP contribution in [0.4, 0.5) is 10.5 Å². The average molecular weight is 469 g/mol. The molecular formula is C25H37N6OP. The Morgan fingerprint density at radius 2 is 2.09 bits per heavy atom. The lowest BCUT2D eigenvalue weighted by Gasteiger charge is -2.25. The number of urea groups is 1. The Morgan fingerprint density at radius 3 is 2.76 bits per heavy atom. The van der Waals surface area contributed by atoms with Gasteiger partial charge in [0, 0.05) is 56.7 Å². The summed E-state index contributed by atoms with van der Waals surface area (Å²) < 4.78 is 0. The van der Waals surface area contributed by atoms with E-state index in [1.165, 1.54) is 0 Å². The summed E-state index contributed by atoms with van der Waals surface area (Å²) in [4.78, 5) is 18.9. The van der Waals surface area contributed by atoms with Crippen molar-refractivity contribution in [1.29, 1.82) is 0 Å². The Labute approximate surface area is 200 Å². The molecule has 0 saturated heterocycles. The van der Waals surface area contributed by atoms with Crippen LogP contribution in [0, 0.1) is 0 Å². The van der Waals surface area contributed by atoms with Gasteiger partial charge in [-0.1, -0.05) is 27.3 Å². The smallest absolute Gasteiger partial charge is 0.323 e. The van der Waals surface area contributed by atoms with Gasteiger partial charge >= 0.3 is 6.03 Å². The highest BCUT2D eigenvalue weighted by molar-refractivity contribution is 7.45. The molecule has 0 bridgehead atoms. The molecular weight excluding hydrogens is 431 g/mol. The van der Waals surface area contributed by atoms with Crippen LogP contribution < -0.4 is 21.3 Å². The monoisotopic (exact) mass is 468 g/mol. The number of carbonyl (C=O) groups excluding carboxylic acids is 1. The number of allylic oxidation sites excluding steroid dienone is 4. The molecule has 0 aliphatic carbocycles. The maximum Gasteiger partial charge on any atom is 0.323 e. The Morgan fingerprint density at radius 1 is 1.33 bits per heavy atom. The number of anilines is 1. The van der Waals surface area contributed by atoms with Crippen LogP contribution in [0.15, 0.2) is 76.6 Å². The van der Waals surface area contributed by atoms with Crippen molar-refractivity contribution in [3.8, 4) is 0 Å². The lowest BCUT2D eigenvalue weighted by molar-refractivity contribution is 0.254. The highest BCUT2D eigenvalue weighted by Crippen LogP contribution is 2.36. The molecule has 0 fully saturated rings. The lowest BCUT2D eigenvalue weighted by atomic mass is 10.1. The molecule has 0 saturated carbocycles. The van der Waals surface area contributed by atoms with Gasteiger partial charge in [-0.05, 0) is 62.4 Å². The fraction of sp³-hybridized carbons (Fsp3) is 0.360. The SMILES string of the molecule is C=C1PC(NC(C)c2cccc(NC(=O)N/C(C)=C/C(C)=CN(C)C)c2)C=N/C1=C/NCC. The minimum Gasteiger partial charge on any atom is -0.389 e. The van der Waals surface area contributed by atoms with E-state index in [0.717, 1.165) is 40.1 Å². The van der Waals surface area contributed by atoms with E-state index in [2.05, 4.69) is 52.8 Å². The molecule has 3 atom stereocenters. The van der Waals surface area contributed by atoms with E-state index in [-0.39, 0.29) is 17.9 Å². The van der Waals surface area contributed by atoms with Gasteiger partial charge < -0.3 is 20.9 Å². The Bertz CT molecular complexity index is 963. The first-order chi connectivity index (χ1) is 15.7. The first-order valence-corrected chi connectivity index (χ1v) is 12.2. The summed E-state index contributed by atoms with van der Waals surface area (Å²) in [7, 11) is 4.46. The largest absolute Gasteiger partial charge is 0.389 e. The number of hydrogen-bond donors (Lipinski definition) is 4. The Kier molecular flexibility index (Phi) is 10.4. The van der Waals surface area contributed by atoms with Gasteiger partial charge in [-0.3, -0.25) is 10.3 Å². The molecule has 0 spiro atoms. The zero-order valence-corrected chi connectivity index (χ0v) is 21.5. The molecule has 2 amide bonds. The molecule has 1 aliphatic heterocycles. The Balaban J connectivity index is 1.97. The fourth-order valence-corrected chi connectivity index (χ4v) is 4.50. The Hall–Kier alpha value is -2.89. The maximum absolute atomic E-state index is 12.4. The van der Waals surface area contributed by atoms with Gasteiger partial charge in [0.15, 0.2) is 0 Å². The van der Waals surface area contributed by atoms with Crippen LogP contribution in [0.3, 0.4) is 0 Å². The van der Waals surface area contributed by atoms with Crippen LogP contribution in [0.2, 0.25) is 0 Å². The van der Waals surface area contributed by atoms with Crippen LogP contribution in [0.25, 0.3) is 0 Å². The predicted octanol–water partition coefficient (Wildman–Crippen LogP) is 4.88. The second-order valence-corrected chi connectivity index (χ2v) is 9.74. The summed E-state index contributed by atoms with van der Waals surface area (Å²) in [5.74, 6) is 0.137. The molecule has 4 N–H and O–H groups in total. The minimum absolute atomic E-state index is 0.0892. The fourth-order valence-electron chi connectivity index (χ4n) is 3.35. The molecule has 0 radical (unpaired) electrons. The predicted molar refractivity (Wildman–Crippen MR) is 143 cm³/mol. The molecule has 1 aromatic rings. The van der Waals surface area contributed by atoms with Gasteiger partial charge in [-0.25, -0.2) is 4.79 Å². The van der Waals surface area contributed by atoms with Gasteiger partial charge in [0.05, 0.1) is 11.5 Å². The molecule has 2 rings (SSSR count). The van der Waals surface area contributed by atoms with Crippen molar-refractivity contribution in [2.45, 2.75) is 39.5 Å². The van der Waals surface area contributed by atoms with E-state index < -0.39 is 0 Å². The van der Waals surface area contributed by atoms with Crippen LogP contribution in [-0.2, 0) is 0 Å². The third-order valence-corrected chi connectivity index (χ3v) is 5.97. The molecule has 8 heteroatoms. The lowest BCUT2D eigenvalue weighted by Crippen LogP contribution is -2.31. The van der Waals surface area contributed by atoms with E-state index >= 15 is 0 Å². The van der Waals surface area contributed by atoms with E-state index in [4.69, 9.17) is 0 Å². The number of rotatable bonds is 9. The van der Waals surface area contributed by atoms with Crippen molar-refractivity contribution in [2.24, 2.45) is 4.99 Å².